The molecule has 0 aliphatic carbocycles. The van der Waals surface area contributed by atoms with Crippen LogP contribution in [-0.4, -0.2) is 64.8 Å². The number of fused-ring (bicyclic) bond motifs is 2. The van der Waals surface area contributed by atoms with Crippen LogP contribution in [0.1, 0.15) is 5.56 Å². The highest BCUT2D eigenvalue weighted by molar-refractivity contribution is 6.45. The highest BCUT2D eigenvalue weighted by atomic mass is 35.5. The number of nitrogens with zero attached hydrogens (tertiary/aromatic N) is 7. The summed E-state index contributed by atoms with van der Waals surface area (Å²) in [6.07, 6.45) is 10.2. The topological polar surface area (TPSA) is 166 Å². The first-order valence-electron chi connectivity index (χ1n) is 15.1. The Hall–Kier alpha value is -5.47. The lowest BCUT2D eigenvalue weighted by molar-refractivity contribution is -0.658. The van der Waals surface area contributed by atoms with Crippen LogP contribution in [0.4, 0.5) is 11.6 Å². The van der Waals surface area contributed by atoms with Gasteiger partial charge in [-0.15, -0.1) is 4.68 Å². The lowest BCUT2D eigenvalue weighted by Gasteiger charge is -2.23. The Kier molecular flexibility index (Phi) is 9.36. The molecule has 0 radical (unpaired) electrons. The van der Waals surface area contributed by atoms with Gasteiger partial charge in [0.2, 0.25) is 0 Å². The van der Waals surface area contributed by atoms with E-state index in [9.17, 15) is 19.8 Å². The first kappa shape index (κ1) is 34.0. The van der Waals surface area contributed by atoms with Gasteiger partial charge in [0, 0.05) is 53.0 Å². The minimum Gasteiger partial charge on any atom is -0.480 e. The number of carbonyl (C=O) groups is 2. The van der Waals surface area contributed by atoms with Gasteiger partial charge in [-0.25, -0.2) is 20.1 Å². The van der Waals surface area contributed by atoms with Gasteiger partial charge in [-0.3, -0.25) is 9.59 Å². The number of nitrogens with one attached hydrogen (secondary N) is 2. The molecule has 0 amide bonds. The lowest BCUT2D eigenvalue weighted by Crippen LogP contribution is -2.33. The Bertz CT molecular complexity index is 2470. The second-order valence-corrected chi connectivity index (χ2v) is 12.9. The van der Waals surface area contributed by atoms with Crippen LogP contribution < -0.4 is 14.9 Å². The summed E-state index contributed by atoms with van der Waals surface area (Å²) in [6, 6.07) is 14.1. The van der Waals surface area contributed by atoms with E-state index in [1.54, 1.807) is 87.7 Å². The first-order chi connectivity index (χ1) is 24.5. The SMILES string of the molecule is O=C(O)CNc1cc(-c2c[nH][n+](-c3cc(CN(CC(=O)O)c4cc(-n5ccnc5)c5ccc(Cl)c(Cl)c5n4)ccn3)c2)c2ccc(Cl)c(Cl)c2n1. The van der Waals surface area contributed by atoms with Gasteiger partial charge in [-0.05, 0) is 40.9 Å². The van der Waals surface area contributed by atoms with Crippen molar-refractivity contribution in [3.63, 3.8) is 0 Å². The number of benzene rings is 2. The van der Waals surface area contributed by atoms with Crippen molar-refractivity contribution in [3.8, 4) is 22.6 Å². The summed E-state index contributed by atoms with van der Waals surface area (Å²) in [7, 11) is 0. The number of carboxylic acids is 2. The van der Waals surface area contributed by atoms with Crippen molar-refractivity contribution in [1.82, 2.24) is 29.6 Å². The number of aliphatic carboxylic acids is 2. The number of rotatable bonds is 11. The summed E-state index contributed by atoms with van der Waals surface area (Å²) in [5, 5.41) is 27.6. The fraction of sp³-hybridized carbons (Fsp3) is 0.0882. The molecule has 256 valence electrons. The maximum atomic E-state index is 12.1. The monoisotopic (exact) mass is 762 g/mol. The van der Waals surface area contributed by atoms with Crippen molar-refractivity contribution in [2.24, 2.45) is 0 Å². The smallest absolute Gasteiger partial charge is 0.346 e. The highest BCUT2D eigenvalue weighted by Crippen LogP contribution is 2.37. The number of hydrogen-bond donors (Lipinski definition) is 4. The van der Waals surface area contributed by atoms with Crippen molar-refractivity contribution in [3.05, 3.63) is 111 Å². The molecule has 0 saturated heterocycles. The van der Waals surface area contributed by atoms with Crippen LogP contribution in [0.5, 0.6) is 0 Å². The van der Waals surface area contributed by atoms with Crippen LogP contribution in [0.3, 0.4) is 0 Å². The predicted octanol–water partition coefficient (Wildman–Crippen LogP) is 6.84. The summed E-state index contributed by atoms with van der Waals surface area (Å²) in [5.41, 5.74) is 3.69. The van der Waals surface area contributed by atoms with Gasteiger partial charge in [0.05, 0.1) is 49.3 Å². The van der Waals surface area contributed by atoms with E-state index in [-0.39, 0.29) is 29.7 Å². The first-order valence-corrected chi connectivity index (χ1v) is 16.6. The summed E-state index contributed by atoms with van der Waals surface area (Å²) in [5.74, 6) is -0.928. The molecule has 2 aromatic carbocycles. The number of pyridine rings is 3. The number of H-pyrrole nitrogens is 1. The van der Waals surface area contributed by atoms with Crippen molar-refractivity contribution in [1.29, 1.82) is 0 Å². The molecule has 13 nitrogen and oxygen atoms in total. The fourth-order valence-corrected chi connectivity index (χ4v) is 6.35. The van der Waals surface area contributed by atoms with Crippen LogP contribution in [0.2, 0.25) is 20.1 Å². The molecule has 5 aromatic heterocycles. The average molecular weight is 764 g/mol. The molecule has 17 heteroatoms. The van der Waals surface area contributed by atoms with Crippen molar-refractivity contribution in [2.75, 3.05) is 23.3 Å². The molecule has 0 fully saturated rings. The highest BCUT2D eigenvalue weighted by Gasteiger charge is 2.21. The largest absolute Gasteiger partial charge is 0.480 e. The van der Waals surface area contributed by atoms with Crippen molar-refractivity contribution >= 4 is 91.8 Å². The number of carboxylic acid groups (broad SMARTS) is 2. The van der Waals surface area contributed by atoms with E-state index in [0.29, 0.717) is 60.6 Å². The second-order valence-electron chi connectivity index (χ2n) is 11.3. The van der Waals surface area contributed by atoms with E-state index < -0.39 is 11.9 Å². The van der Waals surface area contributed by atoms with Gasteiger partial charge in [0.1, 0.15) is 37.1 Å². The maximum absolute atomic E-state index is 12.1. The van der Waals surface area contributed by atoms with Gasteiger partial charge in [0.15, 0.2) is 0 Å². The van der Waals surface area contributed by atoms with Gasteiger partial charge >= 0.3 is 17.8 Å². The minimum absolute atomic E-state index is 0.156. The summed E-state index contributed by atoms with van der Waals surface area (Å²) in [6.45, 7) is -0.556. The van der Waals surface area contributed by atoms with Crippen LogP contribution in [-0.2, 0) is 16.1 Å². The molecular formula is C34H24Cl4N9O4+. The zero-order valence-electron chi connectivity index (χ0n) is 26.1. The van der Waals surface area contributed by atoms with Crippen molar-refractivity contribution < 1.29 is 24.5 Å². The van der Waals surface area contributed by atoms with Crippen LogP contribution in [0.15, 0.2) is 85.8 Å². The standard InChI is InChI=1S/C34H23Cl4N9O4/c35-23-3-1-20-22(10-26(41-13-29(48)49)43-33(20)31(23)37)19-12-42-47(15-19)27-9-18(5-6-40-27)14-46(16-30(50)51)28-11-25(45-8-7-39-17-45)21-2-4-24(36)32(38)34(21)44-28/h1-12,15,17H,13-14,16H2,(H3,41,43,48,49,50,51)/p+1. The Balaban J connectivity index is 1.25. The minimum atomic E-state index is -1.06. The number of halogens is 4. The molecule has 4 N–H and O–H groups in total. The molecule has 0 bridgehead atoms. The molecule has 5 heterocycles. The third kappa shape index (κ3) is 6.97. The molecular weight excluding hydrogens is 740 g/mol. The molecule has 0 atom stereocenters. The van der Waals surface area contributed by atoms with Crippen molar-refractivity contribution in [2.45, 2.75) is 6.54 Å². The van der Waals surface area contributed by atoms with Gasteiger partial charge < -0.3 is 25.0 Å². The maximum Gasteiger partial charge on any atom is 0.346 e. The zero-order chi connectivity index (χ0) is 35.8. The molecule has 0 saturated carbocycles. The Morgan fingerprint density at radius 1 is 0.902 bits per heavy atom. The number of aromatic nitrogens is 7. The molecule has 51 heavy (non-hydrogen) atoms. The molecule has 0 aliphatic heterocycles. The number of imidazole rings is 1. The van der Waals surface area contributed by atoms with Crippen LogP contribution >= 0.6 is 46.4 Å². The number of aromatic amines is 1. The number of hydrogen-bond acceptors (Lipinski definition) is 8. The number of anilines is 2. The summed E-state index contributed by atoms with van der Waals surface area (Å²) in [4.78, 5) is 42.9. The van der Waals surface area contributed by atoms with Crippen LogP contribution in [0, 0.1) is 0 Å². The van der Waals surface area contributed by atoms with E-state index in [0.717, 1.165) is 11.1 Å². The lowest BCUT2D eigenvalue weighted by atomic mass is 10.0. The molecule has 7 rings (SSSR count). The molecule has 0 aliphatic rings. The van der Waals surface area contributed by atoms with Gasteiger partial charge in [-0.2, -0.15) is 0 Å². The van der Waals surface area contributed by atoms with E-state index >= 15 is 0 Å². The van der Waals surface area contributed by atoms with E-state index in [2.05, 4.69) is 25.4 Å². The average Bonchev–Trinajstić information content (AvgIpc) is 3.83. The Morgan fingerprint density at radius 3 is 2.35 bits per heavy atom. The normalized spacial score (nSPS) is 11.3. The Morgan fingerprint density at radius 2 is 1.65 bits per heavy atom. The fourth-order valence-electron chi connectivity index (χ4n) is 5.63. The van der Waals surface area contributed by atoms with E-state index in [1.807, 2.05) is 12.3 Å². The Labute approximate surface area is 308 Å². The molecule has 0 unspecified atom stereocenters. The van der Waals surface area contributed by atoms with E-state index in [1.165, 1.54) is 0 Å². The third-order valence-corrected chi connectivity index (χ3v) is 9.52. The van der Waals surface area contributed by atoms with Crippen LogP contribution in [0.25, 0.3) is 44.4 Å². The summed E-state index contributed by atoms with van der Waals surface area (Å²) >= 11 is 25.7. The third-order valence-electron chi connectivity index (χ3n) is 7.93. The van der Waals surface area contributed by atoms with Gasteiger partial charge in [0.25, 0.3) is 0 Å². The molecule has 7 aromatic rings. The molecule has 0 spiro atoms. The second kappa shape index (κ2) is 14.0. The zero-order valence-corrected chi connectivity index (χ0v) is 29.1. The predicted molar refractivity (Wildman–Crippen MR) is 195 cm³/mol. The quantitative estimate of drug-likeness (QED) is 0.103. The van der Waals surface area contributed by atoms with Gasteiger partial charge in [-0.1, -0.05) is 52.5 Å². The summed E-state index contributed by atoms with van der Waals surface area (Å²) < 4.78 is 3.49. The van der Waals surface area contributed by atoms with E-state index in [4.69, 9.17) is 51.4 Å².